The van der Waals surface area contributed by atoms with Crippen LogP contribution in [0.25, 0.3) is 0 Å². The fraction of sp³-hybridized carbons (Fsp3) is 0.952. The van der Waals surface area contributed by atoms with E-state index in [1.54, 1.807) is 0 Å². The molecule has 0 aromatic rings. The number of aldehydes is 1. The molecule has 0 bridgehead atoms. The van der Waals surface area contributed by atoms with Crippen LogP contribution in [0.15, 0.2) is 0 Å². The summed E-state index contributed by atoms with van der Waals surface area (Å²) in [5, 5.41) is 0.228. The summed E-state index contributed by atoms with van der Waals surface area (Å²) in [6, 6.07) is 0. The van der Waals surface area contributed by atoms with E-state index in [0.717, 1.165) is 38.4 Å². The lowest BCUT2D eigenvalue weighted by Crippen LogP contribution is -2.55. The summed E-state index contributed by atoms with van der Waals surface area (Å²) in [6.45, 7) is 15.5. The third kappa shape index (κ3) is 3.34. The van der Waals surface area contributed by atoms with Gasteiger partial charge in [-0.25, -0.2) is 0 Å². The first kappa shape index (κ1) is 20.5. The molecule has 0 unspecified atom stereocenters. The van der Waals surface area contributed by atoms with Gasteiger partial charge in [-0.05, 0) is 55.1 Å². The van der Waals surface area contributed by atoms with Crippen LogP contribution in [0.1, 0.15) is 66.2 Å². The van der Waals surface area contributed by atoms with Gasteiger partial charge in [0.1, 0.15) is 6.29 Å². The molecule has 3 rings (SSSR count). The van der Waals surface area contributed by atoms with Crippen molar-refractivity contribution < 1.29 is 18.7 Å². The fourth-order valence-electron chi connectivity index (χ4n) is 5.40. The molecule has 26 heavy (non-hydrogen) atoms. The number of rotatable bonds is 5. The summed E-state index contributed by atoms with van der Waals surface area (Å²) in [6.07, 6.45) is 7.15. The third-order valence-electron chi connectivity index (χ3n) is 8.00. The summed E-state index contributed by atoms with van der Waals surface area (Å²) < 4.78 is 19.3. The molecule has 0 aromatic heterocycles. The van der Waals surface area contributed by atoms with Gasteiger partial charge in [0.15, 0.2) is 14.1 Å². The van der Waals surface area contributed by atoms with Gasteiger partial charge in [-0.2, -0.15) is 0 Å². The number of ether oxygens (including phenoxy) is 2. The molecule has 0 aromatic carbocycles. The third-order valence-corrected chi connectivity index (χ3v) is 12.5. The van der Waals surface area contributed by atoms with E-state index in [1.807, 2.05) is 0 Å². The van der Waals surface area contributed by atoms with E-state index in [2.05, 4.69) is 40.8 Å². The van der Waals surface area contributed by atoms with Gasteiger partial charge in [-0.1, -0.05) is 27.7 Å². The number of carbonyl (C=O) groups is 1. The molecule has 1 saturated heterocycles. The number of fused-ring (bicyclic) bond motifs is 1. The van der Waals surface area contributed by atoms with Crippen LogP contribution >= 0.6 is 0 Å². The minimum Gasteiger partial charge on any atom is -0.413 e. The topological polar surface area (TPSA) is 44.8 Å². The Hall–Kier alpha value is -0.233. The van der Waals surface area contributed by atoms with Gasteiger partial charge >= 0.3 is 0 Å². The first-order valence-corrected chi connectivity index (χ1v) is 13.4. The van der Waals surface area contributed by atoms with Crippen molar-refractivity contribution in [3.8, 4) is 0 Å². The van der Waals surface area contributed by atoms with Crippen molar-refractivity contribution in [3.05, 3.63) is 0 Å². The Labute approximate surface area is 160 Å². The maximum Gasteiger partial charge on any atom is 0.192 e. The van der Waals surface area contributed by atoms with E-state index in [0.29, 0.717) is 37.6 Å². The smallest absolute Gasteiger partial charge is 0.192 e. The second kappa shape index (κ2) is 6.98. The van der Waals surface area contributed by atoms with Gasteiger partial charge in [0.05, 0.1) is 19.3 Å². The van der Waals surface area contributed by atoms with Crippen molar-refractivity contribution in [3.63, 3.8) is 0 Å². The van der Waals surface area contributed by atoms with E-state index >= 15 is 0 Å². The molecule has 5 heteroatoms. The lowest BCUT2D eigenvalue weighted by molar-refractivity contribution is -0.248. The highest BCUT2D eigenvalue weighted by atomic mass is 28.4. The maximum atomic E-state index is 11.1. The van der Waals surface area contributed by atoms with Gasteiger partial charge in [0, 0.05) is 18.8 Å². The highest BCUT2D eigenvalue weighted by Gasteiger charge is 2.62. The van der Waals surface area contributed by atoms with Crippen molar-refractivity contribution in [2.24, 2.45) is 17.3 Å². The number of hydrogen-bond acceptors (Lipinski definition) is 4. The Morgan fingerprint density at radius 1 is 1.15 bits per heavy atom. The summed E-state index contributed by atoms with van der Waals surface area (Å²) in [5.41, 5.74) is 0.170. The van der Waals surface area contributed by atoms with Crippen molar-refractivity contribution in [1.82, 2.24) is 0 Å². The molecule has 4 atom stereocenters. The molecule has 3 aliphatic rings. The Bertz CT molecular complexity index is 521. The largest absolute Gasteiger partial charge is 0.413 e. The van der Waals surface area contributed by atoms with Crippen LogP contribution in [0.3, 0.4) is 0 Å². The van der Waals surface area contributed by atoms with Crippen molar-refractivity contribution in [2.45, 2.75) is 96.2 Å². The molecule has 2 aliphatic carbocycles. The summed E-state index contributed by atoms with van der Waals surface area (Å²) >= 11 is 0. The predicted octanol–water partition coefficient (Wildman–Crippen LogP) is 4.93. The molecule has 2 saturated carbocycles. The minimum atomic E-state index is -1.80. The Balaban J connectivity index is 1.83. The average Bonchev–Trinajstić information content (AvgIpc) is 3.13. The van der Waals surface area contributed by atoms with Crippen molar-refractivity contribution in [1.29, 1.82) is 0 Å². The van der Waals surface area contributed by atoms with Crippen molar-refractivity contribution >= 4 is 14.6 Å². The van der Waals surface area contributed by atoms with E-state index in [1.165, 1.54) is 0 Å². The summed E-state index contributed by atoms with van der Waals surface area (Å²) in [5.74, 6) is 0.380. The van der Waals surface area contributed by atoms with Gasteiger partial charge < -0.3 is 18.7 Å². The number of hydrogen-bond donors (Lipinski definition) is 0. The SMILES string of the molecule is CC(C)(C)[Si](C)(C)O[C@H]1CC[C@H]2[C@H](CCC=O)C3(CC[C@]12C)OCCO3. The van der Waals surface area contributed by atoms with Gasteiger partial charge in [0.2, 0.25) is 0 Å². The Kier molecular flexibility index (Phi) is 5.50. The van der Waals surface area contributed by atoms with Crippen molar-refractivity contribution in [2.75, 3.05) is 13.2 Å². The second-order valence-corrected chi connectivity index (χ2v) is 15.2. The molecule has 0 amide bonds. The summed E-state index contributed by atoms with van der Waals surface area (Å²) in [7, 11) is -1.80. The number of carbonyl (C=O) groups excluding carboxylic acids is 1. The van der Waals surface area contributed by atoms with Gasteiger partial charge in [-0.15, -0.1) is 0 Å². The van der Waals surface area contributed by atoms with Crippen LogP contribution < -0.4 is 0 Å². The standard InChI is InChI=1S/C21H38O4Si/c1-19(2,3)26(5,6)25-18-10-9-16-17(8-7-13-22)21(23-14-15-24-21)12-11-20(16,18)4/h13,16-18H,7-12,14-15H2,1-6H3/t16-,17-,18-,20-/m0/s1. The van der Waals surface area contributed by atoms with Crippen LogP contribution in [0, 0.1) is 17.3 Å². The van der Waals surface area contributed by atoms with Crippen LogP contribution in [0.2, 0.25) is 18.1 Å². The molecule has 4 nitrogen and oxygen atoms in total. The highest BCUT2D eigenvalue weighted by molar-refractivity contribution is 6.74. The van der Waals surface area contributed by atoms with E-state index in [-0.39, 0.29) is 10.5 Å². The molecule has 1 spiro atoms. The van der Waals surface area contributed by atoms with Crippen LogP contribution in [-0.4, -0.2) is 39.7 Å². The van der Waals surface area contributed by atoms with Gasteiger partial charge in [0.25, 0.3) is 0 Å². The molecular weight excluding hydrogens is 344 g/mol. The first-order chi connectivity index (χ1) is 12.1. The molecule has 150 valence electrons. The van der Waals surface area contributed by atoms with E-state index in [9.17, 15) is 4.79 Å². The first-order valence-electron chi connectivity index (χ1n) is 10.5. The Morgan fingerprint density at radius 3 is 2.38 bits per heavy atom. The maximum absolute atomic E-state index is 11.1. The normalized spacial score (nSPS) is 37.1. The monoisotopic (exact) mass is 382 g/mol. The van der Waals surface area contributed by atoms with E-state index < -0.39 is 14.1 Å². The highest BCUT2D eigenvalue weighted by Crippen LogP contribution is 2.61. The zero-order valence-corrected chi connectivity index (χ0v) is 18.6. The Morgan fingerprint density at radius 2 is 1.81 bits per heavy atom. The zero-order chi connectivity index (χ0) is 19.2. The molecule has 0 N–H and O–H groups in total. The van der Waals surface area contributed by atoms with Crippen LogP contribution in [-0.2, 0) is 18.7 Å². The lowest BCUT2D eigenvalue weighted by atomic mass is 9.60. The second-order valence-electron chi connectivity index (χ2n) is 10.4. The molecule has 1 aliphatic heterocycles. The quantitative estimate of drug-likeness (QED) is 0.500. The minimum absolute atomic E-state index is 0.170. The molecule has 1 heterocycles. The molecular formula is C21H38O4Si. The molecule has 3 fully saturated rings. The summed E-state index contributed by atoms with van der Waals surface area (Å²) in [4.78, 5) is 11.1. The molecule has 0 radical (unpaired) electrons. The van der Waals surface area contributed by atoms with E-state index in [4.69, 9.17) is 13.9 Å². The van der Waals surface area contributed by atoms with Crippen LogP contribution in [0.4, 0.5) is 0 Å². The zero-order valence-electron chi connectivity index (χ0n) is 17.6. The van der Waals surface area contributed by atoms with Crippen LogP contribution in [0.5, 0.6) is 0 Å². The van der Waals surface area contributed by atoms with Gasteiger partial charge in [-0.3, -0.25) is 0 Å². The average molecular weight is 383 g/mol. The predicted molar refractivity (Wildman–Crippen MR) is 106 cm³/mol. The lowest BCUT2D eigenvalue weighted by Gasteiger charge is -2.53. The fourth-order valence-corrected chi connectivity index (χ4v) is 6.85.